The van der Waals surface area contributed by atoms with Crippen LogP contribution in [-0.2, 0) is 23.1 Å². The highest BCUT2D eigenvalue weighted by Crippen LogP contribution is 2.34. The van der Waals surface area contributed by atoms with Gasteiger partial charge in [0.05, 0.1) is 11.8 Å². The van der Waals surface area contributed by atoms with Crippen LogP contribution in [0.3, 0.4) is 0 Å². The summed E-state index contributed by atoms with van der Waals surface area (Å²) in [7, 11) is -3.11. The van der Waals surface area contributed by atoms with Gasteiger partial charge >= 0.3 is 5.69 Å². The molecule has 0 atom stereocenters. The number of hydrogen-bond donors (Lipinski definition) is 0. The molecule has 2 aliphatic rings. The van der Waals surface area contributed by atoms with Crippen molar-refractivity contribution in [2.45, 2.75) is 56.9 Å². The van der Waals surface area contributed by atoms with Gasteiger partial charge < -0.3 is 0 Å². The first-order valence-corrected chi connectivity index (χ1v) is 11.2. The predicted octanol–water partition coefficient (Wildman–Crippen LogP) is 1.78. The Balaban J connectivity index is 1.52. The first kappa shape index (κ1) is 18.4. The Bertz CT molecular complexity index is 953. The molecule has 8 heteroatoms. The van der Waals surface area contributed by atoms with Crippen LogP contribution < -0.4 is 5.69 Å². The fourth-order valence-corrected chi connectivity index (χ4v) is 5.73. The highest BCUT2D eigenvalue weighted by molar-refractivity contribution is 7.90. The lowest BCUT2D eigenvalue weighted by molar-refractivity contribution is 0.308. The Labute approximate surface area is 159 Å². The van der Waals surface area contributed by atoms with E-state index in [1.165, 1.54) is 4.68 Å². The minimum absolute atomic E-state index is 0.0932. The number of piperidine rings is 1. The topological polar surface area (TPSA) is 77.2 Å². The molecule has 7 nitrogen and oxygen atoms in total. The number of nitrogens with zero attached hydrogens (tertiary/aromatic N) is 4. The zero-order valence-electron chi connectivity index (χ0n) is 15.6. The number of benzene rings is 1. The molecular weight excluding hydrogens is 364 g/mol. The van der Waals surface area contributed by atoms with Crippen LogP contribution in [0.25, 0.3) is 0 Å². The minimum Gasteiger partial charge on any atom is -0.279 e. The van der Waals surface area contributed by atoms with Crippen molar-refractivity contribution in [1.82, 2.24) is 18.7 Å². The van der Waals surface area contributed by atoms with Crippen molar-refractivity contribution in [3.05, 3.63) is 52.2 Å². The van der Waals surface area contributed by atoms with Crippen molar-refractivity contribution in [1.29, 1.82) is 0 Å². The van der Waals surface area contributed by atoms with Crippen molar-refractivity contribution in [2.75, 3.05) is 13.1 Å². The second-order valence-electron chi connectivity index (χ2n) is 7.45. The molecule has 2 fully saturated rings. The average Bonchev–Trinajstić information content (AvgIpc) is 3.49. The van der Waals surface area contributed by atoms with Gasteiger partial charge in [0.2, 0.25) is 10.0 Å². The Hall–Kier alpha value is -1.93. The third-order valence-corrected chi connectivity index (χ3v) is 7.97. The van der Waals surface area contributed by atoms with Crippen LogP contribution in [0.5, 0.6) is 0 Å². The first-order chi connectivity index (χ1) is 13.0. The van der Waals surface area contributed by atoms with Gasteiger partial charge in [0.15, 0.2) is 0 Å². The van der Waals surface area contributed by atoms with Gasteiger partial charge in [0.1, 0.15) is 5.82 Å². The molecular formula is C19H26N4O3S. The summed E-state index contributed by atoms with van der Waals surface area (Å²) in [5.41, 5.74) is 0.946. The highest BCUT2D eigenvalue weighted by Gasteiger charge is 2.41. The second kappa shape index (κ2) is 7.24. The van der Waals surface area contributed by atoms with Crippen LogP contribution in [0.15, 0.2) is 35.1 Å². The molecule has 1 aliphatic heterocycles. The molecule has 0 unspecified atom stereocenters. The van der Waals surface area contributed by atoms with Gasteiger partial charge in [-0.2, -0.15) is 5.10 Å². The summed E-state index contributed by atoms with van der Waals surface area (Å²) in [5, 5.41) is 4.47. The highest BCUT2D eigenvalue weighted by atomic mass is 32.2. The fourth-order valence-electron chi connectivity index (χ4n) is 3.86. The van der Waals surface area contributed by atoms with Gasteiger partial charge in [-0.05, 0) is 38.2 Å². The molecule has 1 aliphatic carbocycles. The van der Waals surface area contributed by atoms with Crippen LogP contribution in [-0.4, -0.2) is 45.4 Å². The van der Waals surface area contributed by atoms with Crippen molar-refractivity contribution in [3.63, 3.8) is 0 Å². The lowest BCUT2D eigenvalue weighted by Gasteiger charge is -2.30. The fraction of sp³-hybridized carbons (Fsp3) is 0.579. The summed E-state index contributed by atoms with van der Waals surface area (Å²) in [4.78, 5) is 12.7. The van der Waals surface area contributed by atoms with Gasteiger partial charge in [0.25, 0.3) is 0 Å². The molecule has 2 heterocycles. The molecule has 146 valence electrons. The molecule has 2 aromatic rings. The van der Waals surface area contributed by atoms with Crippen LogP contribution in [0, 0.1) is 0 Å². The molecule has 4 rings (SSSR count). The monoisotopic (exact) mass is 390 g/mol. The molecule has 1 saturated carbocycles. The molecule has 1 saturated heterocycles. The molecule has 0 radical (unpaired) electrons. The molecule has 0 spiro atoms. The van der Waals surface area contributed by atoms with Gasteiger partial charge in [-0.3, -0.25) is 4.57 Å². The first-order valence-electron chi connectivity index (χ1n) is 9.71. The Morgan fingerprint density at radius 2 is 1.74 bits per heavy atom. The summed E-state index contributed by atoms with van der Waals surface area (Å²) in [5.74, 6) is 0.919. The van der Waals surface area contributed by atoms with Crippen LogP contribution in [0.2, 0.25) is 0 Å². The zero-order valence-corrected chi connectivity index (χ0v) is 16.4. The van der Waals surface area contributed by atoms with Gasteiger partial charge in [0, 0.05) is 25.6 Å². The average molecular weight is 391 g/mol. The lowest BCUT2D eigenvalue weighted by atomic mass is 9.97. The molecule has 27 heavy (non-hydrogen) atoms. The smallest absolute Gasteiger partial charge is 0.279 e. The standard InChI is InChI=1S/C19H26N4O3S/c1-2-22-18(20-23(19(22)24)14-15-6-4-3-5-7-15)16-10-12-21(13-11-16)27(25,26)17-8-9-17/h3-7,16-17H,2,8-14H2,1H3. The van der Waals surface area contributed by atoms with E-state index in [0.29, 0.717) is 39.0 Å². The van der Waals surface area contributed by atoms with Gasteiger partial charge in [-0.15, -0.1) is 0 Å². The normalized spacial score (nSPS) is 19.4. The largest absolute Gasteiger partial charge is 0.346 e. The molecule has 0 N–H and O–H groups in total. The third kappa shape index (κ3) is 3.60. The van der Waals surface area contributed by atoms with Gasteiger partial charge in [-0.25, -0.2) is 22.2 Å². The number of rotatable bonds is 6. The molecule has 0 amide bonds. The Kier molecular flexibility index (Phi) is 4.94. The number of hydrogen-bond acceptors (Lipinski definition) is 4. The summed E-state index contributed by atoms with van der Waals surface area (Å²) >= 11 is 0. The summed E-state index contributed by atoms with van der Waals surface area (Å²) in [6.07, 6.45) is 3.02. The van der Waals surface area contributed by atoms with E-state index >= 15 is 0 Å². The Morgan fingerprint density at radius 1 is 1.07 bits per heavy atom. The van der Waals surface area contributed by atoms with Gasteiger partial charge in [-0.1, -0.05) is 30.3 Å². The second-order valence-corrected chi connectivity index (χ2v) is 9.66. The zero-order chi connectivity index (χ0) is 19.0. The van der Waals surface area contributed by atoms with E-state index in [-0.39, 0.29) is 16.9 Å². The van der Waals surface area contributed by atoms with E-state index in [1.54, 1.807) is 8.87 Å². The third-order valence-electron chi connectivity index (χ3n) is 5.57. The maximum absolute atomic E-state index is 12.7. The van der Waals surface area contributed by atoms with Crippen LogP contribution in [0.1, 0.15) is 49.9 Å². The summed E-state index contributed by atoms with van der Waals surface area (Å²) in [6.45, 7) is 4.02. The molecule has 0 bridgehead atoms. The SMILES string of the molecule is CCn1c(C2CCN(S(=O)(=O)C3CC3)CC2)nn(Cc2ccccc2)c1=O. The van der Waals surface area contributed by atoms with E-state index in [2.05, 4.69) is 5.10 Å². The quantitative estimate of drug-likeness (QED) is 0.753. The van der Waals surface area contributed by atoms with E-state index in [0.717, 1.165) is 24.2 Å². The predicted molar refractivity (Wildman–Crippen MR) is 103 cm³/mol. The van der Waals surface area contributed by atoms with Crippen molar-refractivity contribution in [3.8, 4) is 0 Å². The van der Waals surface area contributed by atoms with Crippen molar-refractivity contribution in [2.24, 2.45) is 0 Å². The van der Waals surface area contributed by atoms with Crippen LogP contribution in [0.4, 0.5) is 0 Å². The number of sulfonamides is 1. The van der Waals surface area contributed by atoms with Crippen molar-refractivity contribution >= 4 is 10.0 Å². The summed E-state index contributed by atoms with van der Waals surface area (Å²) in [6, 6.07) is 9.82. The number of aromatic nitrogens is 3. The maximum Gasteiger partial charge on any atom is 0.346 e. The van der Waals surface area contributed by atoms with E-state index in [4.69, 9.17) is 0 Å². The van der Waals surface area contributed by atoms with E-state index in [9.17, 15) is 13.2 Å². The minimum atomic E-state index is -3.11. The van der Waals surface area contributed by atoms with Crippen LogP contribution >= 0.6 is 0 Å². The lowest BCUT2D eigenvalue weighted by Crippen LogP contribution is -2.40. The molecule has 1 aromatic heterocycles. The van der Waals surface area contributed by atoms with Crippen molar-refractivity contribution < 1.29 is 8.42 Å². The van der Waals surface area contributed by atoms with E-state index < -0.39 is 10.0 Å². The van der Waals surface area contributed by atoms with E-state index in [1.807, 2.05) is 37.3 Å². The summed E-state index contributed by atoms with van der Waals surface area (Å²) < 4.78 is 29.8. The molecule has 1 aromatic carbocycles. The maximum atomic E-state index is 12.7. The Morgan fingerprint density at radius 3 is 2.33 bits per heavy atom.